The molecule has 136 valence electrons. The van der Waals surface area contributed by atoms with Crippen LogP contribution in [0.1, 0.15) is 24.0 Å². The summed E-state index contributed by atoms with van der Waals surface area (Å²) in [5.74, 6) is 0.881. The van der Waals surface area contributed by atoms with Gasteiger partial charge in [0.05, 0.1) is 12.5 Å². The first-order valence-corrected chi connectivity index (χ1v) is 9.23. The number of methoxy groups -OCH3 is 1. The SMILES string of the molecule is CCc1sc2nc(C)n(CCC(N)=O)c(=O)c2c1-c1cccc(OC)c1. The molecule has 7 heteroatoms. The Morgan fingerprint density at radius 2 is 2.15 bits per heavy atom. The standard InChI is InChI=1S/C19H21N3O3S/c1-4-14-16(12-6-5-7-13(10-12)25-3)17-18(26-14)21-11(2)22(19(17)24)9-8-15(20)23/h5-7,10H,4,8-9H2,1-3H3,(H2,20,23). The average molecular weight is 371 g/mol. The zero-order chi connectivity index (χ0) is 18.8. The number of nitrogens with two attached hydrogens (primary N) is 1. The van der Waals surface area contributed by atoms with E-state index >= 15 is 0 Å². The van der Waals surface area contributed by atoms with Gasteiger partial charge in [0.2, 0.25) is 5.91 Å². The van der Waals surface area contributed by atoms with Gasteiger partial charge in [0.1, 0.15) is 16.4 Å². The number of fused-ring (bicyclic) bond motifs is 1. The molecule has 1 aromatic carbocycles. The molecule has 2 aromatic heterocycles. The number of benzene rings is 1. The summed E-state index contributed by atoms with van der Waals surface area (Å²) in [6, 6.07) is 7.67. The number of aromatic nitrogens is 2. The Balaban J connectivity index is 2.29. The van der Waals surface area contributed by atoms with E-state index in [1.165, 1.54) is 15.9 Å². The summed E-state index contributed by atoms with van der Waals surface area (Å²) in [5, 5.41) is 0.593. The number of primary amides is 1. The molecule has 0 fully saturated rings. The highest BCUT2D eigenvalue weighted by atomic mass is 32.1. The van der Waals surface area contributed by atoms with Crippen LogP contribution < -0.4 is 16.0 Å². The summed E-state index contributed by atoms with van der Waals surface area (Å²) in [6.45, 7) is 4.07. The van der Waals surface area contributed by atoms with E-state index in [9.17, 15) is 9.59 Å². The minimum absolute atomic E-state index is 0.104. The number of ether oxygens (including phenoxy) is 1. The van der Waals surface area contributed by atoms with E-state index in [1.54, 1.807) is 14.0 Å². The summed E-state index contributed by atoms with van der Waals surface area (Å²) in [4.78, 5) is 30.8. The van der Waals surface area contributed by atoms with E-state index in [-0.39, 0.29) is 18.5 Å². The van der Waals surface area contributed by atoms with Gasteiger partial charge >= 0.3 is 0 Å². The second kappa shape index (κ2) is 7.29. The van der Waals surface area contributed by atoms with Crippen molar-refractivity contribution in [1.82, 2.24) is 9.55 Å². The minimum atomic E-state index is -0.441. The molecule has 0 radical (unpaired) electrons. The van der Waals surface area contributed by atoms with Crippen LogP contribution >= 0.6 is 11.3 Å². The van der Waals surface area contributed by atoms with Gasteiger partial charge in [-0.05, 0) is 31.0 Å². The van der Waals surface area contributed by atoms with Crippen LogP contribution in [0.5, 0.6) is 5.75 Å². The molecule has 0 saturated carbocycles. The van der Waals surface area contributed by atoms with Crippen LogP contribution in [0.25, 0.3) is 21.3 Å². The fourth-order valence-electron chi connectivity index (χ4n) is 3.05. The molecule has 0 aliphatic heterocycles. The number of nitrogens with zero attached hydrogens (tertiary/aromatic N) is 2. The van der Waals surface area contributed by atoms with E-state index < -0.39 is 5.91 Å². The molecule has 2 heterocycles. The summed E-state index contributed by atoms with van der Waals surface area (Å²) >= 11 is 1.54. The van der Waals surface area contributed by atoms with Crippen LogP contribution in [0.3, 0.4) is 0 Å². The molecule has 0 spiro atoms. The fraction of sp³-hybridized carbons (Fsp3) is 0.316. The monoisotopic (exact) mass is 371 g/mol. The van der Waals surface area contributed by atoms with Gasteiger partial charge in [-0.1, -0.05) is 19.1 Å². The van der Waals surface area contributed by atoms with Crippen molar-refractivity contribution >= 4 is 27.5 Å². The second-order valence-corrected chi connectivity index (χ2v) is 7.08. The predicted octanol–water partition coefficient (Wildman–Crippen LogP) is 2.88. The molecule has 0 aliphatic rings. The Labute approximate surface area is 155 Å². The summed E-state index contributed by atoms with van der Waals surface area (Å²) in [6.07, 6.45) is 0.903. The largest absolute Gasteiger partial charge is 0.497 e. The molecule has 0 aliphatic carbocycles. The highest BCUT2D eigenvalue weighted by Gasteiger charge is 2.20. The van der Waals surface area contributed by atoms with E-state index in [0.29, 0.717) is 11.2 Å². The molecule has 1 amide bonds. The molecule has 3 rings (SSSR count). The average Bonchev–Trinajstić information content (AvgIpc) is 2.99. The molecule has 26 heavy (non-hydrogen) atoms. The predicted molar refractivity (Wildman–Crippen MR) is 104 cm³/mol. The van der Waals surface area contributed by atoms with Crippen molar-refractivity contribution in [1.29, 1.82) is 0 Å². The Hall–Kier alpha value is -2.67. The summed E-state index contributed by atoms with van der Waals surface area (Å²) in [7, 11) is 1.62. The molecule has 2 N–H and O–H groups in total. The minimum Gasteiger partial charge on any atom is -0.497 e. The third kappa shape index (κ3) is 3.22. The molecule has 0 unspecified atom stereocenters. The number of carbonyl (C=O) groups is 1. The van der Waals surface area contributed by atoms with E-state index in [2.05, 4.69) is 11.9 Å². The number of aryl methyl sites for hydroxylation is 2. The lowest BCUT2D eigenvalue weighted by atomic mass is 10.0. The first-order chi connectivity index (χ1) is 12.5. The number of thiophene rings is 1. The molecule has 0 saturated heterocycles. The quantitative estimate of drug-likeness (QED) is 0.722. The van der Waals surface area contributed by atoms with Crippen LogP contribution in [-0.4, -0.2) is 22.6 Å². The highest BCUT2D eigenvalue weighted by Crippen LogP contribution is 2.37. The first kappa shape index (κ1) is 18.1. The van der Waals surface area contributed by atoms with Crippen molar-refractivity contribution in [3.8, 4) is 16.9 Å². The zero-order valence-electron chi connectivity index (χ0n) is 15.0. The van der Waals surface area contributed by atoms with Crippen molar-refractivity contribution < 1.29 is 9.53 Å². The van der Waals surface area contributed by atoms with Crippen molar-refractivity contribution in [2.24, 2.45) is 5.73 Å². The van der Waals surface area contributed by atoms with Crippen LogP contribution in [0.15, 0.2) is 29.1 Å². The van der Waals surface area contributed by atoms with Gasteiger partial charge in [0.15, 0.2) is 0 Å². The maximum atomic E-state index is 13.2. The maximum absolute atomic E-state index is 13.2. The Morgan fingerprint density at radius 3 is 2.81 bits per heavy atom. The number of hydrogen-bond donors (Lipinski definition) is 1. The number of carbonyl (C=O) groups excluding carboxylic acids is 1. The summed E-state index contributed by atoms with van der Waals surface area (Å²) < 4.78 is 6.86. The molecule has 6 nitrogen and oxygen atoms in total. The van der Waals surface area contributed by atoms with Crippen molar-refractivity contribution in [3.05, 3.63) is 45.3 Å². The first-order valence-electron chi connectivity index (χ1n) is 8.41. The van der Waals surface area contributed by atoms with E-state index in [4.69, 9.17) is 10.5 Å². The van der Waals surface area contributed by atoms with Gasteiger partial charge in [-0.3, -0.25) is 14.2 Å². The van der Waals surface area contributed by atoms with Gasteiger partial charge in [0, 0.05) is 23.4 Å². The summed E-state index contributed by atoms with van der Waals surface area (Å²) in [5.41, 5.74) is 6.94. The third-order valence-electron chi connectivity index (χ3n) is 4.34. The van der Waals surface area contributed by atoms with Crippen LogP contribution in [0.4, 0.5) is 0 Å². The lowest BCUT2D eigenvalue weighted by Crippen LogP contribution is -2.26. The van der Waals surface area contributed by atoms with Gasteiger partial charge < -0.3 is 10.5 Å². The second-order valence-electron chi connectivity index (χ2n) is 6.00. The van der Waals surface area contributed by atoms with Crippen LogP contribution in [-0.2, 0) is 17.8 Å². The molecular formula is C19H21N3O3S. The number of amides is 1. The van der Waals surface area contributed by atoms with Crippen LogP contribution in [0.2, 0.25) is 0 Å². The van der Waals surface area contributed by atoms with E-state index in [0.717, 1.165) is 33.0 Å². The molecule has 0 atom stereocenters. The zero-order valence-corrected chi connectivity index (χ0v) is 15.9. The van der Waals surface area contributed by atoms with Crippen LogP contribution in [0, 0.1) is 6.92 Å². The third-order valence-corrected chi connectivity index (χ3v) is 5.56. The van der Waals surface area contributed by atoms with Crippen molar-refractivity contribution in [2.45, 2.75) is 33.2 Å². The Bertz CT molecular complexity index is 1040. The molecule has 3 aromatic rings. The van der Waals surface area contributed by atoms with Crippen molar-refractivity contribution in [2.75, 3.05) is 7.11 Å². The Morgan fingerprint density at radius 1 is 1.38 bits per heavy atom. The molecular weight excluding hydrogens is 350 g/mol. The van der Waals surface area contributed by atoms with E-state index in [1.807, 2.05) is 24.3 Å². The van der Waals surface area contributed by atoms with Gasteiger partial charge in [-0.2, -0.15) is 0 Å². The number of hydrogen-bond acceptors (Lipinski definition) is 5. The fourth-order valence-corrected chi connectivity index (χ4v) is 4.22. The Kier molecular flexibility index (Phi) is 5.08. The lowest BCUT2D eigenvalue weighted by Gasteiger charge is -2.10. The van der Waals surface area contributed by atoms with Gasteiger partial charge in [0.25, 0.3) is 5.56 Å². The lowest BCUT2D eigenvalue weighted by molar-refractivity contribution is -0.118. The topological polar surface area (TPSA) is 87.2 Å². The smallest absolute Gasteiger partial charge is 0.262 e. The maximum Gasteiger partial charge on any atom is 0.262 e. The molecule has 0 bridgehead atoms. The van der Waals surface area contributed by atoms with Gasteiger partial charge in [-0.15, -0.1) is 11.3 Å². The number of rotatable bonds is 6. The van der Waals surface area contributed by atoms with Gasteiger partial charge in [-0.25, -0.2) is 4.98 Å². The normalized spacial score (nSPS) is 11.0. The van der Waals surface area contributed by atoms with Crippen molar-refractivity contribution in [3.63, 3.8) is 0 Å². The highest BCUT2D eigenvalue weighted by molar-refractivity contribution is 7.19.